The summed E-state index contributed by atoms with van der Waals surface area (Å²) in [6.45, 7) is 4.50. The van der Waals surface area contributed by atoms with Crippen LogP contribution < -0.4 is 10.2 Å². The van der Waals surface area contributed by atoms with E-state index in [0.29, 0.717) is 0 Å². The van der Waals surface area contributed by atoms with Gasteiger partial charge >= 0.3 is 0 Å². The third-order valence-electron chi connectivity index (χ3n) is 4.96. The Morgan fingerprint density at radius 3 is 2.84 bits per heavy atom. The number of hydrogen-bond donors (Lipinski definition) is 1. The van der Waals surface area contributed by atoms with Crippen LogP contribution in [0.2, 0.25) is 0 Å². The molecule has 0 aromatic heterocycles. The summed E-state index contributed by atoms with van der Waals surface area (Å²) in [6.07, 6.45) is 7.15. The molecule has 1 saturated heterocycles. The van der Waals surface area contributed by atoms with E-state index in [9.17, 15) is 0 Å². The van der Waals surface area contributed by atoms with E-state index in [1.807, 2.05) is 7.05 Å². The fraction of sp³-hybridized carbons (Fsp3) is 0.647. The Morgan fingerprint density at radius 2 is 2.05 bits per heavy atom. The molecule has 2 fully saturated rings. The molecule has 0 spiro atoms. The molecule has 0 amide bonds. The molecule has 1 aromatic rings. The van der Waals surface area contributed by atoms with Crippen LogP contribution in [0.15, 0.2) is 18.2 Å². The summed E-state index contributed by atoms with van der Waals surface area (Å²) in [4.78, 5) is 2.70. The van der Waals surface area contributed by atoms with Crippen molar-refractivity contribution >= 4 is 5.69 Å². The van der Waals surface area contributed by atoms with Crippen LogP contribution in [0, 0.1) is 12.8 Å². The normalized spacial score (nSPS) is 26.5. The maximum atomic E-state index is 3.23. The first kappa shape index (κ1) is 13.0. The van der Waals surface area contributed by atoms with Crippen LogP contribution in [-0.4, -0.2) is 19.6 Å². The van der Waals surface area contributed by atoms with Gasteiger partial charge in [-0.05, 0) is 56.3 Å². The molecule has 2 unspecified atom stereocenters. The van der Waals surface area contributed by atoms with Gasteiger partial charge in [0.2, 0.25) is 0 Å². The topological polar surface area (TPSA) is 15.3 Å². The van der Waals surface area contributed by atoms with Crippen molar-refractivity contribution in [1.82, 2.24) is 5.32 Å². The fourth-order valence-corrected chi connectivity index (χ4v) is 4.06. The zero-order chi connectivity index (χ0) is 13.2. The lowest BCUT2D eigenvalue weighted by Crippen LogP contribution is -2.35. The van der Waals surface area contributed by atoms with E-state index in [1.54, 1.807) is 0 Å². The van der Waals surface area contributed by atoms with Crippen LogP contribution in [0.1, 0.15) is 43.2 Å². The minimum absolute atomic E-state index is 0.822. The average molecular weight is 258 g/mol. The summed E-state index contributed by atoms with van der Waals surface area (Å²) >= 11 is 0. The Balaban J connectivity index is 1.82. The van der Waals surface area contributed by atoms with Gasteiger partial charge in [0, 0.05) is 24.8 Å². The van der Waals surface area contributed by atoms with Gasteiger partial charge in [-0.25, -0.2) is 0 Å². The number of aryl methyl sites for hydroxylation is 1. The molecule has 1 saturated carbocycles. The smallest absolute Gasteiger partial charge is 0.0398 e. The Hall–Kier alpha value is -1.02. The van der Waals surface area contributed by atoms with Crippen LogP contribution in [0.3, 0.4) is 0 Å². The lowest BCUT2D eigenvalue weighted by molar-refractivity contribution is 0.342. The highest BCUT2D eigenvalue weighted by molar-refractivity contribution is 5.56. The highest BCUT2D eigenvalue weighted by Gasteiger charge is 2.36. The summed E-state index contributed by atoms with van der Waals surface area (Å²) in [5.41, 5.74) is 4.32. The number of anilines is 1. The summed E-state index contributed by atoms with van der Waals surface area (Å²) in [7, 11) is 2.01. The third kappa shape index (κ3) is 2.51. The number of hydrogen-bond acceptors (Lipinski definition) is 2. The average Bonchev–Trinajstić information content (AvgIpc) is 2.83. The van der Waals surface area contributed by atoms with E-state index in [0.717, 1.165) is 18.5 Å². The van der Waals surface area contributed by atoms with Crippen LogP contribution in [-0.2, 0) is 6.54 Å². The molecule has 1 aliphatic carbocycles. The Labute approximate surface area is 117 Å². The number of nitrogens with zero attached hydrogens (tertiary/aromatic N) is 1. The minimum atomic E-state index is 0.822. The van der Waals surface area contributed by atoms with Crippen LogP contribution in [0.25, 0.3) is 0 Å². The van der Waals surface area contributed by atoms with Crippen LogP contribution in [0.5, 0.6) is 0 Å². The number of nitrogens with one attached hydrogen (secondary N) is 1. The number of rotatable bonds is 3. The van der Waals surface area contributed by atoms with E-state index >= 15 is 0 Å². The maximum Gasteiger partial charge on any atom is 0.0398 e. The summed E-state index contributed by atoms with van der Waals surface area (Å²) < 4.78 is 0. The maximum absolute atomic E-state index is 3.23. The van der Waals surface area contributed by atoms with Crippen molar-refractivity contribution < 1.29 is 0 Å². The number of fused-ring (bicyclic) bond motifs is 1. The van der Waals surface area contributed by atoms with E-state index in [2.05, 4.69) is 35.3 Å². The van der Waals surface area contributed by atoms with Crippen molar-refractivity contribution in [2.24, 2.45) is 5.92 Å². The molecule has 2 heteroatoms. The molecule has 1 N–H and O–H groups in total. The second-order valence-electron chi connectivity index (χ2n) is 6.25. The van der Waals surface area contributed by atoms with E-state index in [-0.39, 0.29) is 0 Å². The molecule has 0 radical (unpaired) electrons. The first-order valence-electron chi connectivity index (χ1n) is 7.80. The Kier molecular flexibility index (Phi) is 3.79. The van der Waals surface area contributed by atoms with Crippen LogP contribution >= 0.6 is 0 Å². The zero-order valence-electron chi connectivity index (χ0n) is 12.3. The summed E-state index contributed by atoms with van der Waals surface area (Å²) in [5, 5.41) is 3.23. The lowest BCUT2D eigenvalue weighted by Gasteiger charge is -2.34. The molecule has 19 heavy (non-hydrogen) atoms. The molecule has 1 aromatic carbocycles. The molecular formula is C17H26N2. The van der Waals surface area contributed by atoms with Crippen molar-refractivity contribution in [2.45, 2.75) is 51.6 Å². The largest absolute Gasteiger partial charge is 0.368 e. The molecule has 1 aliphatic heterocycles. The predicted molar refractivity (Wildman–Crippen MR) is 81.7 cm³/mol. The SMILES string of the molecule is CNCc1ccc(N2CCC3CCCCC32)c(C)c1. The van der Waals surface area contributed by atoms with Gasteiger partial charge in [-0.2, -0.15) is 0 Å². The zero-order valence-corrected chi connectivity index (χ0v) is 12.3. The van der Waals surface area contributed by atoms with Crippen LogP contribution in [0.4, 0.5) is 5.69 Å². The highest BCUT2D eigenvalue weighted by Crippen LogP contribution is 2.39. The quantitative estimate of drug-likeness (QED) is 0.893. The van der Waals surface area contributed by atoms with Crippen molar-refractivity contribution in [3.8, 4) is 0 Å². The van der Waals surface area contributed by atoms with Crippen molar-refractivity contribution in [3.63, 3.8) is 0 Å². The predicted octanol–water partition coefficient (Wildman–Crippen LogP) is 3.48. The third-order valence-corrected chi connectivity index (χ3v) is 4.96. The molecule has 0 bridgehead atoms. The van der Waals surface area contributed by atoms with Gasteiger partial charge in [-0.15, -0.1) is 0 Å². The molecule has 104 valence electrons. The van der Waals surface area contributed by atoms with Gasteiger partial charge in [0.25, 0.3) is 0 Å². The van der Waals surface area contributed by atoms with Crippen molar-refractivity contribution in [3.05, 3.63) is 29.3 Å². The van der Waals surface area contributed by atoms with Gasteiger partial charge < -0.3 is 10.2 Å². The Morgan fingerprint density at radius 1 is 1.21 bits per heavy atom. The van der Waals surface area contributed by atoms with Gasteiger partial charge in [0.05, 0.1) is 0 Å². The first-order chi connectivity index (χ1) is 9.29. The monoisotopic (exact) mass is 258 g/mol. The van der Waals surface area contributed by atoms with Gasteiger partial charge in [-0.1, -0.05) is 25.0 Å². The van der Waals surface area contributed by atoms with Gasteiger partial charge in [0.1, 0.15) is 0 Å². The summed E-state index contributed by atoms with van der Waals surface area (Å²) in [6, 6.07) is 7.80. The minimum Gasteiger partial charge on any atom is -0.368 e. The first-order valence-corrected chi connectivity index (χ1v) is 7.80. The van der Waals surface area contributed by atoms with Crippen molar-refractivity contribution in [1.29, 1.82) is 0 Å². The molecule has 3 rings (SSSR count). The van der Waals surface area contributed by atoms with E-state index < -0.39 is 0 Å². The lowest BCUT2D eigenvalue weighted by atomic mass is 9.85. The van der Waals surface area contributed by atoms with Crippen molar-refractivity contribution in [2.75, 3.05) is 18.5 Å². The molecular weight excluding hydrogens is 232 g/mol. The van der Waals surface area contributed by atoms with E-state index in [4.69, 9.17) is 0 Å². The molecule has 2 atom stereocenters. The molecule has 2 aliphatic rings. The standard InChI is InChI=1S/C17H26N2/c1-13-11-14(12-18-2)7-8-16(13)19-10-9-15-5-3-4-6-17(15)19/h7-8,11,15,17-18H,3-6,9-10,12H2,1-2H3. The second kappa shape index (κ2) is 5.54. The fourth-order valence-electron chi connectivity index (χ4n) is 4.06. The summed E-state index contributed by atoms with van der Waals surface area (Å²) in [5.74, 6) is 0.963. The van der Waals surface area contributed by atoms with Gasteiger partial charge in [-0.3, -0.25) is 0 Å². The second-order valence-corrected chi connectivity index (χ2v) is 6.25. The molecule has 1 heterocycles. The molecule has 2 nitrogen and oxygen atoms in total. The Bertz CT molecular complexity index is 441. The van der Waals surface area contributed by atoms with Gasteiger partial charge in [0.15, 0.2) is 0 Å². The highest BCUT2D eigenvalue weighted by atomic mass is 15.2. The number of benzene rings is 1. The van der Waals surface area contributed by atoms with E-state index in [1.165, 1.54) is 55.5 Å².